The third-order valence-electron chi connectivity index (χ3n) is 2.65. The zero-order valence-electron chi connectivity index (χ0n) is 12.9. The molecule has 0 saturated heterocycles. The average Bonchev–Trinajstić information content (AvgIpc) is 2.39. The van der Waals surface area contributed by atoms with Gasteiger partial charge in [-0.1, -0.05) is 13.8 Å². The van der Waals surface area contributed by atoms with Crippen molar-refractivity contribution < 1.29 is 24.2 Å². The molecule has 122 valence electrons. The quantitative estimate of drug-likeness (QED) is 0.476. The van der Waals surface area contributed by atoms with Gasteiger partial charge in [-0.15, -0.1) is 0 Å². The van der Waals surface area contributed by atoms with Crippen molar-refractivity contribution in [3.63, 3.8) is 0 Å². The van der Waals surface area contributed by atoms with Gasteiger partial charge in [-0.2, -0.15) is 0 Å². The molecular weight excluding hydrogens is 278 g/mol. The molecule has 0 rings (SSSR count). The Balaban J connectivity index is 4.06. The molecular formula is C13H25N3O5. The molecule has 8 nitrogen and oxygen atoms in total. The van der Waals surface area contributed by atoms with Crippen molar-refractivity contribution in [1.82, 2.24) is 16.0 Å². The summed E-state index contributed by atoms with van der Waals surface area (Å²) in [6, 6.07) is -1.22. The topological polar surface area (TPSA) is 117 Å². The number of carbonyl (C=O) groups is 3. The van der Waals surface area contributed by atoms with Crippen LogP contribution in [0.3, 0.4) is 0 Å². The predicted molar refractivity (Wildman–Crippen MR) is 76.9 cm³/mol. The first-order chi connectivity index (χ1) is 9.76. The number of ether oxygens (including phenoxy) is 1. The van der Waals surface area contributed by atoms with E-state index in [4.69, 9.17) is 9.84 Å². The van der Waals surface area contributed by atoms with Crippen LogP contribution in [0.2, 0.25) is 0 Å². The normalized spacial score (nSPS) is 13.4. The largest absolute Gasteiger partial charge is 0.481 e. The lowest BCUT2D eigenvalue weighted by Crippen LogP contribution is -2.50. The van der Waals surface area contributed by atoms with E-state index in [2.05, 4.69) is 16.0 Å². The number of nitrogens with one attached hydrogen (secondary N) is 3. The lowest BCUT2D eigenvalue weighted by atomic mass is 10.2. The molecule has 0 aliphatic heterocycles. The first kappa shape index (κ1) is 19.2. The van der Waals surface area contributed by atoms with Crippen molar-refractivity contribution in [2.45, 2.75) is 39.3 Å². The molecule has 21 heavy (non-hydrogen) atoms. The van der Waals surface area contributed by atoms with Crippen molar-refractivity contribution in [3.05, 3.63) is 0 Å². The summed E-state index contributed by atoms with van der Waals surface area (Å²) >= 11 is 0. The van der Waals surface area contributed by atoms with Crippen molar-refractivity contribution in [1.29, 1.82) is 0 Å². The fourth-order valence-corrected chi connectivity index (χ4v) is 1.41. The number of carbonyl (C=O) groups excluding carboxylic acids is 2. The van der Waals surface area contributed by atoms with Gasteiger partial charge in [0.15, 0.2) is 0 Å². The van der Waals surface area contributed by atoms with Gasteiger partial charge in [0.25, 0.3) is 0 Å². The highest BCUT2D eigenvalue weighted by atomic mass is 16.5. The maximum absolute atomic E-state index is 11.7. The Kier molecular flexibility index (Phi) is 9.11. The number of urea groups is 1. The van der Waals surface area contributed by atoms with Crippen LogP contribution in [0.4, 0.5) is 4.79 Å². The minimum atomic E-state index is -1.01. The minimum Gasteiger partial charge on any atom is -0.481 e. The minimum absolute atomic E-state index is 0.0506. The van der Waals surface area contributed by atoms with Crippen molar-refractivity contribution in [2.75, 3.05) is 20.2 Å². The van der Waals surface area contributed by atoms with E-state index >= 15 is 0 Å². The summed E-state index contributed by atoms with van der Waals surface area (Å²) < 4.78 is 4.93. The highest BCUT2D eigenvalue weighted by molar-refractivity contribution is 5.86. The fourth-order valence-electron chi connectivity index (χ4n) is 1.41. The van der Waals surface area contributed by atoms with Crippen LogP contribution in [0.15, 0.2) is 0 Å². The molecule has 0 spiro atoms. The van der Waals surface area contributed by atoms with E-state index in [1.807, 2.05) is 13.8 Å². The zero-order chi connectivity index (χ0) is 16.4. The second-order valence-electron chi connectivity index (χ2n) is 5.17. The first-order valence-electron chi connectivity index (χ1n) is 6.82. The number of carboxylic acid groups (broad SMARTS) is 1. The summed E-state index contributed by atoms with van der Waals surface area (Å²) in [6.07, 6.45) is -0.820. The summed E-state index contributed by atoms with van der Waals surface area (Å²) in [5, 5.41) is 16.3. The van der Waals surface area contributed by atoms with Crippen LogP contribution >= 0.6 is 0 Å². The second-order valence-corrected chi connectivity index (χ2v) is 5.17. The lowest BCUT2D eigenvalue weighted by molar-refractivity contribution is -0.139. The molecule has 2 atom stereocenters. The van der Waals surface area contributed by atoms with Gasteiger partial charge in [0.1, 0.15) is 6.04 Å². The number of hydrogen-bond acceptors (Lipinski definition) is 4. The Bertz CT molecular complexity index is 360. The fraction of sp³-hybridized carbons (Fsp3) is 0.769. The van der Waals surface area contributed by atoms with E-state index in [9.17, 15) is 14.4 Å². The van der Waals surface area contributed by atoms with E-state index in [0.29, 0.717) is 12.5 Å². The SMILES string of the molecule is COC(CNC(=O)NC(C)C(=O)NCC(C)C)CC(=O)O. The molecule has 2 unspecified atom stereocenters. The van der Waals surface area contributed by atoms with E-state index in [1.165, 1.54) is 7.11 Å². The Labute approximate surface area is 124 Å². The third kappa shape index (κ3) is 9.67. The molecule has 3 amide bonds. The molecule has 0 radical (unpaired) electrons. The predicted octanol–water partition coefficient (Wildman–Crippen LogP) is -0.0640. The smallest absolute Gasteiger partial charge is 0.315 e. The molecule has 0 fully saturated rings. The Morgan fingerprint density at radius 3 is 2.19 bits per heavy atom. The van der Waals surface area contributed by atoms with Gasteiger partial charge in [0.05, 0.1) is 12.5 Å². The molecule has 0 aromatic heterocycles. The number of amides is 3. The summed E-state index contributed by atoms with van der Waals surface area (Å²) in [7, 11) is 1.37. The third-order valence-corrected chi connectivity index (χ3v) is 2.65. The lowest BCUT2D eigenvalue weighted by Gasteiger charge is -2.17. The van der Waals surface area contributed by atoms with Gasteiger partial charge >= 0.3 is 12.0 Å². The van der Waals surface area contributed by atoms with Gasteiger partial charge in [0, 0.05) is 20.2 Å². The first-order valence-corrected chi connectivity index (χ1v) is 6.82. The standard InChI is InChI=1S/C13H25N3O5/c1-8(2)6-14-12(19)9(3)16-13(20)15-7-10(21-4)5-11(17)18/h8-10H,5-7H2,1-4H3,(H,14,19)(H,17,18)(H2,15,16,20). The Hall–Kier alpha value is -1.83. The van der Waals surface area contributed by atoms with E-state index < -0.39 is 24.1 Å². The Morgan fingerprint density at radius 2 is 1.71 bits per heavy atom. The van der Waals surface area contributed by atoms with Crippen LogP contribution in [0.5, 0.6) is 0 Å². The van der Waals surface area contributed by atoms with Gasteiger partial charge in [-0.05, 0) is 12.8 Å². The summed E-state index contributed by atoms with van der Waals surface area (Å²) in [5.74, 6) is -0.952. The second kappa shape index (κ2) is 9.98. The van der Waals surface area contributed by atoms with E-state index in [-0.39, 0.29) is 18.9 Å². The molecule has 0 aliphatic rings. The van der Waals surface area contributed by atoms with Crippen molar-refractivity contribution in [3.8, 4) is 0 Å². The maximum Gasteiger partial charge on any atom is 0.315 e. The van der Waals surface area contributed by atoms with Crippen LogP contribution in [-0.2, 0) is 14.3 Å². The van der Waals surface area contributed by atoms with Gasteiger partial charge in [-0.3, -0.25) is 9.59 Å². The number of carboxylic acids is 1. The molecule has 0 aromatic carbocycles. The van der Waals surface area contributed by atoms with Gasteiger partial charge < -0.3 is 25.8 Å². The molecule has 4 N–H and O–H groups in total. The summed E-state index contributed by atoms with van der Waals surface area (Å²) in [6.45, 7) is 6.10. The molecule has 0 heterocycles. The van der Waals surface area contributed by atoms with E-state index in [0.717, 1.165) is 0 Å². The molecule has 0 bridgehead atoms. The van der Waals surface area contributed by atoms with Gasteiger partial charge in [0.2, 0.25) is 5.91 Å². The Morgan fingerprint density at radius 1 is 1.10 bits per heavy atom. The highest BCUT2D eigenvalue weighted by Gasteiger charge is 2.17. The maximum atomic E-state index is 11.7. The number of aliphatic carboxylic acids is 1. The highest BCUT2D eigenvalue weighted by Crippen LogP contribution is 1.95. The van der Waals surface area contributed by atoms with Crippen LogP contribution < -0.4 is 16.0 Å². The molecule has 8 heteroatoms. The van der Waals surface area contributed by atoms with Crippen LogP contribution in [-0.4, -0.2) is 55.4 Å². The summed E-state index contributed by atoms with van der Waals surface area (Å²) in [5.41, 5.74) is 0. The summed E-state index contributed by atoms with van der Waals surface area (Å²) in [4.78, 5) is 33.8. The molecule has 0 saturated carbocycles. The van der Waals surface area contributed by atoms with Crippen LogP contribution in [0.1, 0.15) is 27.2 Å². The van der Waals surface area contributed by atoms with Crippen molar-refractivity contribution >= 4 is 17.9 Å². The number of methoxy groups -OCH3 is 1. The number of hydrogen-bond donors (Lipinski definition) is 4. The zero-order valence-corrected chi connectivity index (χ0v) is 12.9. The average molecular weight is 303 g/mol. The van der Waals surface area contributed by atoms with Crippen LogP contribution in [0, 0.1) is 5.92 Å². The van der Waals surface area contributed by atoms with Crippen LogP contribution in [0.25, 0.3) is 0 Å². The van der Waals surface area contributed by atoms with Gasteiger partial charge in [-0.25, -0.2) is 4.79 Å². The van der Waals surface area contributed by atoms with E-state index in [1.54, 1.807) is 6.92 Å². The molecule has 0 aliphatic carbocycles. The monoisotopic (exact) mass is 303 g/mol. The molecule has 0 aromatic rings. The number of rotatable bonds is 9. The van der Waals surface area contributed by atoms with Crippen molar-refractivity contribution in [2.24, 2.45) is 5.92 Å².